The minimum Gasteiger partial charge on any atom is -0.343 e. The summed E-state index contributed by atoms with van der Waals surface area (Å²) in [7, 11) is 0. The predicted octanol–water partition coefficient (Wildman–Crippen LogP) is 1.94. The Bertz CT molecular complexity index is 274. The molecule has 0 saturated carbocycles. The molecule has 0 aliphatic heterocycles. The van der Waals surface area contributed by atoms with Gasteiger partial charge in [-0.15, -0.1) is 11.6 Å². The van der Waals surface area contributed by atoms with Gasteiger partial charge < -0.3 is 5.32 Å². The lowest BCUT2D eigenvalue weighted by Gasteiger charge is -2.13. The molecule has 0 bridgehead atoms. The van der Waals surface area contributed by atoms with Crippen LogP contribution in [0.25, 0.3) is 0 Å². The van der Waals surface area contributed by atoms with E-state index in [2.05, 4.69) is 5.32 Å². The van der Waals surface area contributed by atoms with E-state index in [0.717, 1.165) is 11.6 Å². The van der Waals surface area contributed by atoms with Gasteiger partial charge in [-0.1, -0.05) is 30.3 Å². The van der Waals surface area contributed by atoms with Crippen LogP contribution in [0.5, 0.6) is 0 Å². The molecule has 0 aliphatic rings. The van der Waals surface area contributed by atoms with E-state index in [9.17, 15) is 4.79 Å². The van der Waals surface area contributed by atoms with Gasteiger partial charge in [-0.25, -0.2) is 0 Å². The number of hydrogen-bond donors (Lipinski definition) is 1. The molecule has 0 aromatic heterocycles. The van der Waals surface area contributed by atoms with Crippen molar-refractivity contribution < 1.29 is 4.79 Å². The molecular weight excluding hydrogens is 186 g/mol. The lowest BCUT2D eigenvalue weighted by Crippen LogP contribution is -2.27. The fourth-order valence-electron chi connectivity index (χ4n) is 1.03. The van der Waals surface area contributed by atoms with Gasteiger partial charge in [-0.3, -0.25) is 4.79 Å². The molecule has 0 heterocycles. The smallest absolute Gasteiger partial charge is 0.217 e. The monoisotopic (exact) mass is 196 g/mol. The van der Waals surface area contributed by atoms with Crippen LogP contribution in [0.2, 0.25) is 0 Å². The van der Waals surface area contributed by atoms with E-state index >= 15 is 0 Å². The Kier molecular flexibility index (Phi) is 3.77. The van der Waals surface area contributed by atoms with Crippen LogP contribution in [0.4, 0.5) is 0 Å². The summed E-state index contributed by atoms with van der Waals surface area (Å²) in [4.78, 5) is 10.8. The number of carbonyl (C=O) groups is 1. The molecular formula is C10H11ClNO. The molecule has 3 heteroatoms. The first-order valence-corrected chi connectivity index (χ1v) is 4.52. The summed E-state index contributed by atoms with van der Waals surface area (Å²) in [6.07, 6.45) is 0. The minimum atomic E-state index is -0.0977. The molecule has 0 spiro atoms. The van der Waals surface area contributed by atoms with Crippen molar-refractivity contribution in [1.29, 1.82) is 0 Å². The summed E-state index contributed by atoms with van der Waals surface area (Å²) < 4.78 is 0. The predicted molar refractivity (Wildman–Crippen MR) is 53.3 cm³/mol. The van der Waals surface area contributed by atoms with Crippen LogP contribution in [-0.2, 0) is 4.79 Å². The first-order valence-electron chi connectivity index (χ1n) is 3.99. The van der Waals surface area contributed by atoms with Crippen molar-refractivity contribution in [3.8, 4) is 0 Å². The number of carbonyl (C=O) groups excluding carboxylic acids is 1. The Morgan fingerprint density at radius 2 is 2.00 bits per heavy atom. The number of rotatable bonds is 3. The van der Waals surface area contributed by atoms with Gasteiger partial charge in [0.1, 0.15) is 6.04 Å². The van der Waals surface area contributed by atoms with E-state index < -0.39 is 0 Å². The number of amides is 1. The van der Waals surface area contributed by atoms with Crippen molar-refractivity contribution in [2.24, 2.45) is 0 Å². The fourth-order valence-corrected chi connectivity index (χ4v) is 1.26. The van der Waals surface area contributed by atoms with Crippen molar-refractivity contribution in [2.75, 3.05) is 5.88 Å². The van der Waals surface area contributed by atoms with Gasteiger partial charge in [0.25, 0.3) is 0 Å². The Morgan fingerprint density at radius 1 is 1.38 bits per heavy atom. The van der Waals surface area contributed by atoms with Gasteiger partial charge in [0.15, 0.2) is 0 Å². The molecule has 13 heavy (non-hydrogen) atoms. The van der Waals surface area contributed by atoms with Crippen molar-refractivity contribution in [1.82, 2.24) is 5.32 Å². The van der Waals surface area contributed by atoms with Crippen molar-refractivity contribution in [2.45, 2.75) is 6.92 Å². The van der Waals surface area contributed by atoms with Gasteiger partial charge in [-0.2, -0.15) is 0 Å². The third-order valence-electron chi connectivity index (χ3n) is 1.58. The summed E-state index contributed by atoms with van der Waals surface area (Å²) in [5, 5.41) is 2.69. The molecule has 0 aliphatic carbocycles. The normalized spacial score (nSPS) is 10.1. The topological polar surface area (TPSA) is 29.1 Å². The molecule has 1 amide bonds. The number of alkyl halides is 1. The molecule has 0 atom stereocenters. The second-order valence-corrected chi connectivity index (χ2v) is 2.93. The van der Waals surface area contributed by atoms with Crippen LogP contribution < -0.4 is 5.32 Å². The quantitative estimate of drug-likeness (QED) is 0.736. The molecule has 1 aromatic carbocycles. The van der Waals surface area contributed by atoms with Crippen molar-refractivity contribution >= 4 is 17.5 Å². The largest absolute Gasteiger partial charge is 0.343 e. The van der Waals surface area contributed by atoms with E-state index in [1.807, 2.05) is 30.3 Å². The summed E-state index contributed by atoms with van der Waals surface area (Å²) >= 11 is 5.69. The molecule has 0 fully saturated rings. The lowest BCUT2D eigenvalue weighted by molar-refractivity contribution is -0.118. The number of nitrogens with one attached hydrogen (secondary N) is 1. The third kappa shape index (κ3) is 3.07. The molecule has 1 N–H and O–H groups in total. The molecule has 69 valence electrons. The molecule has 1 rings (SSSR count). The van der Waals surface area contributed by atoms with E-state index in [1.165, 1.54) is 6.92 Å². The molecule has 1 aromatic rings. The zero-order valence-electron chi connectivity index (χ0n) is 7.38. The SMILES string of the molecule is CC(=O)N[C](CCl)c1ccccc1. The first kappa shape index (κ1) is 10.1. The van der Waals surface area contributed by atoms with Crippen LogP contribution in [0, 0.1) is 6.04 Å². The zero-order valence-corrected chi connectivity index (χ0v) is 8.14. The Balaban J connectivity index is 2.73. The van der Waals surface area contributed by atoms with Crippen LogP contribution >= 0.6 is 11.6 Å². The summed E-state index contributed by atoms with van der Waals surface area (Å²) in [6, 6.07) is 10.3. The standard InChI is InChI=1S/C10H11ClNO/c1-8(13)12-10(7-11)9-5-3-2-4-6-9/h2-6H,7H2,1H3,(H,12,13). The molecule has 0 saturated heterocycles. The Hall–Kier alpha value is -1.02. The summed E-state index contributed by atoms with van der Waals surface area (Å²) in [5.41, 5.74) is 0.952. The van der Waals surface area contributed by atoms with Crippen LogP contribution in [0.15, 0.2) is 30.3 Å². The molecule has 0 unspecified atom stereocenters. The fraction of sp³-hybridized carbons (Fsp3) is 0.200. The maximum absolute atomic E-state index is 10.8. The highest BCUT2D eigenvalue weighted by atomic mass is 35.5. The van der Waals surface area contributed by atoms with Crippen LogP contribution in [-0.4, -0.2) is 11.8 Å². The Labute approximate surface area is 82.9 Å². The van der Waals surface area contributed by atoms with E-state index in [-0.39, 0.29) is 5.91 Å². The molecule has 2 nitrogen and oxygen atoms in total. The maximum Gasteiger partial charge on any atom is 0.217 e. The van der Waals surface area contributed by atoms with Gasteiger partial charge >= 0.3 is 0 Å². The Morgan fingerprint density at radius 3 is 2.46 bits per heavy atom. The van der Waals surface area contributed by atoms with Crippen LogP contribution in [0.1, 0.15) is 12.5 Å². The number of benzene rings is 1. The third-order valence-corrected chi connectivity index (χ3v) is 1.85. The summed E-state index contributed by atoms with van der Waals surface area (Å²) in [5.74, 6) is 0.211. The summed E-state index contributed by atoms with van der Waals surface area (Å²) in [6.45, 7) is 1.47. The number of halogens is 1. The van der Waals surface area contributed by atoms with Gasteiger partial charge in [0.2, 0.25) is 5.91 Å². The zero-order chi connectivity index (χ0) is 9.68. The van der Waals surface area contributed by atoms with E-state index in [1.54, 1.807) is 0 Å². The van der Waals surface area contributed by atoms with Crippen LogP contribution in [0.3, 0.4) is 0 Å². The lowest BCUT2D eigenvalue weighted by atomic mass is 10.1. The van der Waals surface area contributed by atoms with Gasteiger partial charge in [0, 0.05) is 6.92 Å². The van der Waals surface area contributed by atoms with E-state index in [4.69, 9.17) is 11.6 Å². The van der Waals surface area contributed by atoms with Gasteiger partial charge in [-0.05, 0) is 5.56 Å². The highest BCUT2D eigenvalue weighted by Crippen LogP contribution is 2.12. The molecule has 1 radical (unpaired) electrons. The average molecular weight is 197 g/mol. The highest BCUT2D eigenvalue weighted by molar-refractivity contribution is 6.19. The minimum absolute atomic E-state index is 0.0977. The highest BCUT2D eigenvalue weighted by Gasteiger charge is 2.11. The van der Waals surface area contributed by atoms with Crippen molar-refractivity contribution in [3.05, 3.63) is 41.9 Å². The average Bonchev–Trinajstić information content (AvgIpc) is 2.15. The number of hydrogen-bond acceptors (Lipinski definition) is 1. The maximum atomic E-state index is 10.8. The van der Waals surface area contributed by atoms with Gasteiger partial charge in [0.05, 0.1) is 5.88 Å². The van der Waals surface area contributed by atoms with E-state index in [0.29, 0.717) is 5.88 Å². The second-order valence-electron chi connectivity index (χ2n) is 2.66. The first-order chi connectivity index (χ1) is 6.24. The second kappa shape index (κ2) is 4.87. The van der Waals surface area contributed by atoms with Crippen molar-refractivity contribution in [3.63, 3.8) is 0 Å².